The van der Waals surface area contributed by atoms with Gasteiger partial charge in [0.2, 0.25) is 0 Å². The van der Waals surface area contributed by atoms with Gasteiger partial charge in [0.25, 0.3) is 0 Å². The van der Waals surface area contributed by atoms with Crippen LogP contribution in [0.2, 0.25) is 0 Å². The van der Waals surface area contributed by atoms with Crippen LogP contribution in [-0.2, 0) is 9.53 Å². The summed E-state index contributed by atoms with van der Waals surface area (Å²) in [6.07, 6.45) is 1.95. The summed E-state index contributed by atoms with van der Waals surface area (Å²) < 4.78 is 5.38. The fraction of sp³-hybridized carbons (Fsp3) is 0.333. The Bertz CT molecular complexity index is 992. The van der Waals surface area contributed by atoms with Crippen molar-refractivity contribution in [3.63, 3.8) is 0 Å². The first-order chi connectivity index (χ1) is 14.4. The summed E-state index contributed by atoms with van der Waals surface area (Å²) in [5, 5.41) is 14.7. The lowest BCUT2D eigenvalue weighted by Gasteiger charge is -2.27. The molecule has 0 aliphatic heterocycles. The van der Waals surface area contributed by atoms with Gasteiger partial charge in [0, 0.05) is 38.1 Å². The summed E-state index contributed by atoms with van der Waals surface area (Å²) >= 11 is 1.53. The highest BCUT2D eigenvalue weighted by Gasteiger charge is 2.25. The van der Waals surface area contributed by atoms with Gasteiger partial charge in [-0.15, -0.1) is 11.3 Å². The van der Waals surface area contributed by atoms with E-state index in [-0.39, 0.29) is 6.04 Å². The Morgan fingerprint density at radius 2 is 2.03 bits per heavy atom. The van der Waals surface area contributed by atoms with Crippen LogP contribution < -0.4 is 5.32 Å². The first-order valence-electron chi connectivity index (χ1n) is 9.67. The largest absolute Gasteiger partial charge is 0.371 e. The Kier molecular flexibility index (Phi) is 8.68. The monoisotopic (exact) mass is 421 g/mol. The fourth-order valence-corrected chi connectivity index (χ4v) is 3.78. The van der Waals surface area contributed by atoms with Crippen LogP contribution in [0.3, 0.4) is 0 Å². The van der Waals surface area contributed by atoms with E-state index in [4.69, 9.17) is 4.74 Å². The summed E-state index contributed by atoms with van der Waals surface area (Å²) in [7, 11) is 5.27. The normalized spacial score (nSPS) is 12.1. The molecule has 2 unspecified atom stereocenters. The number of aldehydes is 1. The van der Waals surface area contributed by atoms with Gasteiger partial charge in [-0.3, -0.25) is 0 Å². The van der Waals surface area contributed by atoms with Gasteiger partial charge in [-0.2, -0.15) is 5.26 Å². The highest BCUT2D eigenvalue weighted by Crippen LogP contribution is 2.32. The smallest absolute Gasteiger partial charge is 0.151 e. The summed E-state index contributed by atoms with van der Waals surface area (Å²) in [5.74, 6) is 6.95. The molecule has 156 valence electrons. The summed E-state index contributed by atoms with van der Waals surface area (Å²) in [5.41, 5.74) is 3.28. The van der Waals surface area contributed by atoms with Crippen LogP contribution in [0.25, 0.3) is 11.1 Å². The van der Waals surface area contributed by atoms with Crippen molar-refractivity contribution in [2.45, 2.75) is 31.9 Å². The minimum absolute atomic E-state index is 0.371. The number of nitrogens with one attached hydrogen (secondary N) is 1. The third kappa shape index (κ3) is 5.97. The van der Waals surface area contributed by atoms with Crippen molar-refractivity contribution >= 4 is 17.6 Å². The molecule has 5 nitrogen and oxygen atoms in total. The molecule has 0 spiro atoms. The van der Waals surface area contributed by atoms with Crippen LogP contribution in [0.4, 0.5) is 0 Å². The predicted octanol–water partition coefficient (Wildman–Crippen LogP) is 4.32. The summed E-state index contributed by atoms with van der Waals surface area (Å²) in [6.45, 7) is 6.09. The Balaban J connectivity index is 2.42. The summed E-state index contributed by atoms with van der Waals surface area (Å²) in [6, 6.07) is 9.50. The van der Waals surface area contributed by atoms with Crippen molar-refractivity contribution in [1.29, 1.82) is 5.26 Å². The van der Waals surface area contributed by atoms with E-state index < -0.39 is 6.10 Å². The first kappa shape index (κ1) is 23.2. The third-order valence-corrected chi connectivity index (χ3v) is 5.54. The Labute approximate surface area is 183 Å². The molecule has 0 aliphatic rings. The number of carbonyl (C=O) groups excluding carboxylic acids is 1. The maximum absolute atomic E-state index is 11.6. The lowest BCUT2D eigenvalue weighted by molar-refractivity contribution is -0.118. The van der Waals surface area contributed by atoms with Crippen molar-refractivity contribution in [3.05, 3.63) is 58.0 Å². The number of rotatable bonds is 9. The standard InChI is InChI=1S/C24H27N3O2S/c1-6-7-8-9-18-10-19(14-25)12-20(11-18)21-13-23(30-16-21)24(22(15-28)29-5)26-17(2)27(3)4/h10-13,15-16,22,24,26H,2,6-7H2,1,3-5H3. The zero-order valence-corrected chi connectivity index (χ0v) is 18.7. The number of hydrogen-bond donors (Lipinski definition) is 1. The average molecular weight is 422 g/mol. The Hall–Kier alpha value is -3.06. The maximum Gasteiger partial charge on any atom is 0.151 e. The molecule has 0 saturated carbocycles. The molecule has 2 rings (SSSR count). The first-order valence-corrected chi connectivity index (χ1v) is 10.5. The van der Waals surface area contributed by atoms with E-state index in [0.29, 0.717) is 11.4 Å². The van der Waals surface area contributed by atoms with Crippen molar-refractivity contribution in [1.82, 2.24) is 10.2 Å². The quantitative estimate of drug-likeness (QED) is 0.483. The van der Waals surface area contributed by atoms with Crippen molar-refractivity contribution in [2.24, 2.45) is 0 Å². The second kappa shape index (κ2) is 11.2. The number of nitriles is 1. The number of unbranched alkanes of at least 4 members (excludes halogenated alkanes) is 1. The Morgan fingerprint density at radius 3 is 2.63 bits per heavy atom. The molecule has 0 saturated heterocycles. The second-order valence-corrected chi connectivity index (χ2v) is 7.94. The number of hydrogen-bond acceptors (Lipinski definition) is 6. The minimum Gasteiger partial charge on any atom is -0.371 e. The van der Waals surface area contributed by atoms with E-state index in [1.54, 1.807) is 6.07 Å². The number of carbonyl (C=O) groups is 1. The lowest BCUT2D eigenvalue weighted by atomic mass is 10.0. The van der Waals surface area contributed by atoms with Gasteiger partial charge < -0.3 is 19.7 Å². The molecule has 0 bridgehead atoms. The highest BCUT2D eigenvalue weighted by molar-refractivity contribution is 7.10. The van der Waals surface area contributed by atoms with Gasteiger partial charge >= 0.3 is 0 Å². The third-order valence-electron chi connectivity index (χ3n) is 4.53. The molecular formula is C24H27N3O2S. The molecule has 30 heavy (non-hydrogen) atoms. The molecule has 0 fully saturated rings. The number of ether oxygens (including phenoxy) is 1. The molecule has 1 heterocycles. The van der Waals surface area contributed by atoms with Gasteiger partial charge in [0.15, 0.2) is 6.29 Å². The molecule has 0 aliphatic carbocycles. The molecule has 1 aromatic heterocycles. The lowest BCUT2D eigenvalue weighted by Crippen LogP contribution is -2.36. The second-order valence-electron chi connectivity index (χ2n) is 7.00. The van der Waals surface area contributed by atoms with E-state index in [1.807, 2.05) is 42.6 Å². The molecule has 0 amide bonds. The van der Waals surface area contributed by atoms with E-state index in [9.17, 15) is 10.1 Å². The van der Waals surface area contributed by atoms with E-state index in [0.717, 1.165) is 40.7 Å². The maximum atomic E-state index is 11.6. The molecular weight excluding hydrogens is 394 g/mol. The van der Waals surface area contributed by atoms with Crippen LogP contribution in [0.15, 0.2) is 42.0 Å². The van der Waals surface area contributed by atoms with Crippen LogP contribution >= 0.6 is 11.3 Å². The van der Waals surface area contributed by atoms with E-state index in [2.05, 4.69) is 36.7 Å². The molecule has 2 atom stereocenters. The van der Waals surface area contributed by atoms with Crippen LogP contribution in [0, 0.1) is 23.2 Å². The zero-order chi connectivity index (χ0) is 22.1. The van der Waals surface area contributed by atoms with E-state index in [1.165, 1.54) is 18.4 Å². The number of benzene rings is 1. The average Bonchev–Trinajstić information content (AvgIpc) is 3.23. The topological polar surface area (TPSA) is 65.4 Å². The van der Waals surface area contributed by atoms with Gasteiger partial charge in [0.1, 0.15) is 6.10 Å². The summed E-state index contributed by atoms with van der Waals surface area (Å²) in [4.78, 5) is 14.4. The molecule has 1 N–H and O–H groups in total. The van der Waals surface area contributed by atoms with Gasteiger partial charge in [-0.25, -0.2) is 0 Å². The van der Waals surface area contributed by atoms with Crippen LogP contribution in [-0.4, -0.2) is 38.5 Å². The van der Waals surface area contributed by atoms with Crippen molar-refractivity contribution < 1.29 is 9.53 Å². The SMILES string of the molecule is C=C(NC(c1cc(-c2cc(C#N)cc(C#CCCC)c2)cs1)C(C=O)OC)N(C)C. The van der Waals surface area contributed by atoms with Crippen LogP contribution in [0.5, 0.6) is 0 Å². The molecule has 0 radical (unpaired) electrons. The number of methoxy groups -OCH3 is 1. The van der Waals surface area contributed by atoms with Gasteiger partial charge in [0.05, 0.1) is 23.5 Å². The molecule has 6 heteroatoms. The van der Waals surface area contributed by atoms with Gasteiger partial charge in [-0.05, 0) is 47.2 Å². The van der Waals surface area contributed by atoms with Gasteiger partial charge in [-0.1, -0.05) is 25.3 Å². The Morgan fingerprint density at radius 1 is 1.30 bits per heavy atom. The molecule has 1 aromatic carbocycles. The highest BCUT2D eigenvalue weighted by atomic mass is 32.1. The zero-order valence-electron chi connectivity index (χ0n) is 17.9. The predicted molar refractivity (Wildman–Crippen MR) is 122 cm³/mol. The van der Waals surface area contributed by atoms with E-state index >= 15 is 0 Å². The molecule has 2 aromatic rings. The van der Waals surface area contributed by atoms with Crippen molar-refractivity contribution in [2.75, 3.05) is 21.2 Å². The number of thiophene rings is 1. The number of nitrogens with zero attached hydrogens (tertiary/aromatic N) is 2. The minimum atomic E-state index is -0.658. The fourth-order valence-electron chi connectivity index (χ4n) is 2.78. The van der Waals surface area contributed by atoms with Crippen LogP contribution in [0.1, 0.15) is 41.8 Å². The van der Waals surface area contributed by atoms with Crippen molar-refractivity contribution in [3.8, 4) is 29.0 Å².